The predicted octanol–water partition coefficient (Wildman–Crippen LogP) is 7.38. The lowest BCUT2D eigenvalue weighted by Crippen LogP contribution is -2.40. The third-order valence-electron chi connectivity index (χ3n) is 10.3. The maximum Gasteiger partial charge on any atom is 0.347 e. The first-order valence-corrected chi connectivity index (χ1v) is 18.8. The second kappa shape index (κ2) is 18.2. The number of carbonyl (C=O) groups excluding carboxylic acids is 1. The molecule has 4 N–H and O–H groups in total. The van der Waals surface area contributed by atoms with Gasteiger partial charge in [-0.05, 0) is 91.2 Å². The summed E-state index contributed by atoms with van der Waals surface area (Å²) in [6.07, 6.45) is 6.75. The Labute approximate surface area is 310 Å². The van der Waals surface area contributed by atoms with Gasteiger partial charge in [0.15, 0.2) is 0 Å². The summed E-state index contributed by atoms with van der Waals surface area (Å²) < 4.78 is 11.8. The molecule has 0 bridgehead atoms. The number of hydrogen-bond acceptors (Lipinski definition) is 8. The number of pyridine rings is 1. The van der Waals surface area contributed by atoms with Gasteiger partial charge in [-0.15, -0.1) is 0 Å². The van der Waals surface area contributed by atoms with Crippen molar-refractivity contribution in [2.45, 2.75) is 69.6 Å². The highest BCUT2D eigenvalue weighted by Gasteiger charge is 2.42. The Hall–Kier alpha value is -4.96. The minimum absolute atomic E-state index is 0.00193. The topological polar surface area (TPSA) is 132 Å². The molecular formula is C44H50N2O7. The van der Waals surface area contributed by atoms with Crippen molar-refractivity contribution >= 4 is 16.9 Å². The number of rotatable bonds is 17. The maximum atomic E-state index is 13.4. The standard InChI is InChI=1S/C44H50N2O7/c47-39(37-21-23-40(48)42-38(37)22-24-41(49)45-42)16-10-2-1-3-11-29-52-36-19-17-32(18-20-36)30-46-27-25-33(26-28-46)31-53-43(50)44(51,34-12-6-4-7-13-34)35-14-8-5-9-15-35/h4-9,12-15,17-24,33,39,47-48,51H,1-3,10-11,16,25-31H2,(H,45,49)/t39-/m0/s1. The number of phenols is 1. The monoisotopic (exact) mass is 718 g/mol. The van der Waals surface area contributed by atoms with Gasteiger partial charge in [-0.2, -0.15) is 0 Å². The number of phenolic OH excluding ortho intramolecular Hbond substituents is 1. The van der Waals surface area contributed by atoms with E-state index in [-0.39, 0.29) is 23.8 Å². The molecule has 9 heteroatoms. The van der Waals surface area contributed by atoms with Crippen LogP contribution in [0, 0.1) is 5.92 Å². The SMILES string of the molecule is O=C(OCC1CCN(Cc2ccc(OCCCCCCC[C@H](O)c3ccc(O)c4[nH]c(=O)ccc34)cc2)CC1)C(O)(c1ccccc1)c1ccccc1. The quantitative estimate of drug-likeness (QED) is 0.0579. The van der Waals surface area contributed by atoms with Crippen molar-refractivity contribution in [1.82, 2.24) is 9.88 Å². The number of nitrogens with zero attached hydrogens (tertiary/aromatic N) is 1. The fraction of sp³-hybridized carbons (Fsp3) is 0.364. The lowest BCUT2D eigenvalue weighted by atomic mass is 9.86. The zero-order chi connectivity index (χ0) is 37.0. The third kappa shape index (κ3) is 9.73. The van der Waals surface area contributed by atoms with Crippen molar-refractivity contribution in [2.24, 2.45) is 5.92 Å². The van der Waals surface area contributed by atoms with E-state index in [1.54, 1.807) is 36.4 Å². The van der Waals surface area contributed by atoms with Crippen molar-refractivity contribution in [2.75, 3.05) is 26.3 Å². The van der Waals surface area contributed by atoms with Crippen molar-refractivity contribution in [3.05, 3.63) is 142 Å². The number of piperidine rings is 1. The average molecular weight is 719 g/mol. The summed E-state index contributed by atoms with van der Waals surface area (Å²) in [5, 5.41) is 33.2. The summed E-state index contributed by atoms with van der Waals surface area (Å²) in [7, 11) is 0. The molecule has 0 unspecified atom stereocenters. The van der Waals surface area contributed by atoms with E-state index < -0.39 is 17.7 Å². The Balaban J connectivity index is 0.850. The normalized spacial score (nSPS) is 14.6. The smallest absolute Gasteiger partial charge is 0.347 e. The van der Waals surface area contributed by atoms with Crippen molar-refractivity contribution in [3.8, 4) is 11.5 Å². The zero-order valence-electron chi connectivity index (χ0n) is 30.2. The number of aliphatic hydroxyl groups is 2. The first-order valence-electron chi connectivity index (χ1n) is 18.8. The molecule has 1 aliphatic rings. The van der Waals surface area contributed by atoms with E-state index in [1.807, 2.05) is 48.5 Å². The third-order valence-corrected chi connectivity index (χ3v) is 10.3. The number of aliphatic hydroxyl groups excluding tert-OH is 1. The van der Waals surface area contributed by atoms with E-state index in [2.05, 4.69) is 22.0 Å². The molecule has 0 aliphatic carbocycles. The highest BCUT2D eigenvalue weighted by molar-refractivity contribution is 5.87. The minimum Gasteiger partial charge on any atom is -0.506 e. The molecule has 1 atom stereocenters. The molecule has 0 saturated carbocycles. The summed E-state index contributed by atoms with van der Waals surface area (Å²) in [6, 6.07) is 32.6. The Morgan fingerprint density at radius 3 is 2.13 bits per heavy atom. The number of aromatic amines is 1. The number of likely N-dealkylation sites (tertiary alicyclic amines) is 1. The van der Waals surface area contributed by atoms with E-state index in [1.165, 1.54) is 17.7 Å². The molecule has 1 aromatic heterocycles. The maximum absolute atomic E-state index is 13.4. The number of aromatic hydroxyl groups is 1. The van der Waals surface area contributed by atoms with E-state index in [9.17, 15) is 24.9 Å². The molecule has 1 saturated heterocycles. The van der Waals surface area contributed by atoms with Gasteiger partial charge in [-0.3, -0.25) is 9.69 Å². The van der Waals surface area contributed by atoms with Crippen molar-refractivity contribution < 1.29 is 29.6 Å². The van der Waals surface area contributed by atoms with Crippen LogP contribution < -0.4 is 10.3 Å². The number of esters is 1. The van der Waals surface area contributed by atoms with Crippen molar-refractivity contribution in [3.63, 3.8) is 0 Å². The highest BCUT2D eigenvalue weighted by Crippen LogP contribution is 2.33. The molecule has 278 valence electrons. The Bertz CT molecular complexity index is 1920. The summed E-state index contributed by atoms with van der Waals surface area (Å²) in [5.41, 5.74) is 1.14. The van der Waals surface area contributed by atoms with Crippen LogP contribution in [0.15, 0.2) is 114 Å². The molecule has 1 aliphatic heterocycles. The molecule has 1 fully saturated rings. The van der Waals surface area contributed by atoms with Gasteiger partial charge in [0.1, 0.15) is 11.5 Å². The molecule has 0 amide bonds. The lowest BCUT2D eigenvalue weighted by Gasteiger charge is -2.33. The van der Waals surface area contributed by atoms with Crippen LogP contribution in [-0.2, 0) is 21.7 Å². The molecule has 0 radical (unpaired) electrons. The van der Waals surface area contributed by atoms with E-state index in [0.29, 0.717) is 40.6 Å². The number of unbranched alkanes of at least 4 members (excludes halogenated alkanes) is 4. The van der Waals surface area contributed by atoms with Crippen LogP contribution in [-0.4, -0.2) is 57.5 Å². The van der Waals surface area contributed by atoms with Gasteiger partial charge in [-0.25, -0.2) is 4.79 Å². The summed E-state index contributed by atoms with van der Waals surface area (Å²) in [4.78, 5) is 30.1. The molecule has 6 rings (SSSR count). The second-order valence-electron chi connectivity index (χ2n) is 14.1. The van der Waals surface area contributed by atoms with Crippen molar-refractivity contribution in [1.29, 1.82) is 0 Å². The molecular weight excluding hydrogens is 668 g/mol. The fourth-order valence-electron chi connectivity index (χ4n) is 7.18. The van der Waals surface area contributed by atoms with Gasteiger partial charge in [0.2, 0.25) is 11.2 Å². The van der Waals surface area contributed by atoms with Gasteiger partial charge in [0.25, 0.3) is 0 Å². The summed E-state index contributed by atoms with van der Waals surface area (Å²) >= 11 is 0. The van der Waals surface area contributed by atoms with Gasteiger partial charge in [0.05, 0.1) is 24.8 Å². The molecule has 2 heterocycles. The van der Waals surface area contributed by atoms with Gasteiger partial charge in [-0.1, -0.05) is 105 Å². The number of benzene rings is 4. The molecule has 9 nitrogen and oxygen atoms in total. The number of carbonyl (C=O) groups is 1. The van der Waals surface area contributed by atoms with E-state index >= 15 is 0 Å². The largest absolute Gasteiger partial charge is 0.506 e. The van der Waals surface area contributed by atoms with Gasteiger partial charge in [0, 0.05) is 18.0 Å². The van der Waals surface area contributed by atoms with Crippen LogP contribution in [0.1, 0.15) is 79.7 Å². The number of fused-ring (bicyclic) bond motifs is 1. The Morgan fingerprint density at radius 2 is 1.45 bits per heavy atom. The Morgan fingerprint density at radius 1 is 0.811 bits per heavy atom. The summed E-state index contributed by atoms with van der Waals surface area (Å²) in [6.45, 7) is 3.62. The molecule has 53 heavy (non-hydrogen) atoms. The van der Waals surface area contributed by atoms with Gasteiger partial charge >= 0.3 is 5.97 Å². The number of H-pyrrole nitrogens is 1. The van der Waals surface area contributed by atoms with Crippen LogP contribution in [0.2, 0.25) is 0 Å². The van der Waals surface area contributed by atoms with Crippen LogP contribution in [0.4, 0.5) is 0 Å². The lowest BCUT2D eigenvalue weighted by molar-refractivity contribution is -0.164. The fourth-order valence-corrected chi connectivity index (χ4v) is 7.18. The average Bonchev–Trinajstić information content (AvgIpc) is 3.19. The first kappa shape index (κ1) is 37.8. The molecule has 5 aromatic rings. The van der Waals surface area contributed by atoms with Gasteiger partial charge < -0.3 is 29.8 Å². The van der Waals surface area contributed by atoms with Crippen LogP contribution >= 0.6 is 0 Å². The summed E-state index contributed by atoms with van der Waals surface area (Å²) in [5.74, 6) is 0.464. The van der Waals surface area contributed by atoms with Crippen LogP contribution in [0.3, 0.4) is 0 Å². The Kier molecular flexibility index (Phi) is 13.0. The number of ether oxygens (including phenoxy) is 2. The number of nitrogens with one attached hydrogen (secondary N) is 1. The minimum atomic E-state index is -1.86. The predicted molar refractivity (Wildman–Crippen MR) is 206 cm³/mol. The second-order valence-corrected chi connectivity index (χ2v) is 14.1. The highest BCUT2D eigenvalue weighted by atomic mass is 16.5. The van der Waals surface area contributed by atoms with E-state index in [0.717, 1.165) is 70.3 Å². The van der Waals surface area contributed by atoms with E-state index in [4.69, 9.17) is 9.47 Å². The van der Waals surface area contributed by atoms with Crippen LogP contribution in [0.25, 0.3) is 10.9 Å². The number of aromatic nitrogens is 1. The molecule has 0 spiro atoms. The zero-order valence-corrected chi connectivity index (χ0v) is 30.2. The number of hydrogen-bond donors (Lipinski definition) is 4. The molecule has 4 aromatic carbocycles. The first-order chi connectivity index (χ1) is 25.8. The van der Waals surface area contributed by atoms with Crippen LogP contribution in [0.5, 0.6) is 11.5 Å².